The number of aryl methyl sites for hydroxylation is 1. The molecule has 0 radical (unpaired) electrons. The number of ether oxygens (including phenoxy) is 1. The first-order valence-electron chi connectivity index (χ1n) is 6.96. The third-order valence-corrected chi connectivity index (χ3v) is 4.48. The second-order valence-corrected chi connectivity index (χ2v) is 6.24. The van der Waals surface area contributed by atoms with Crippen molar-refractivity contribution >= 4 is 28.0 Å². The van der Waals surface area contributed by atoms with E-state index >= 15 is 0 Å². The standard InChI is InChI=1S/C17H16N2O3S/c1-10-12(3)23-17(15(10)8-18)19-16(21)9-22-14-6-4-5-13(7-14)11(2)20/h4-7H,9H2,1-3H3,(H,19,21). The third kappa shape index (κ3) is 3.96. The molecule has 1 aromatic carbocycles. The molecule has 2 aromatic rings. The Balaban J connectivity index is 2.01. The summed E-state index contributed by atoms with van der Waals surface area (Å²) in [6.07, 6.45) is 0. The zero-order valence-corrected chi connectivity index (χ0v) is 13.9. The van der Waals surface area contributed by atoms with Crippen molar-refractivity contribution in [1.29, 1.82) is 5.26 Å². The molecule has 0 atom stereocenters. The number of Topliss-reactive ketones (excluding diaryl/α,β-unsaturated/α-hetero) is 1. The lowest BCUT2D eigenvalue weighted by molar-refractivity contribution is -0.118. The van der Waals surface area contributed by atoms with Crippen LogP contribution in [0.3, 0.4) is 0 Å². The Morgan fingerprint density at radius 3 is 2.74 bits per heavy atom. The molecule has 1 N–H and O–H groups in total. The summed E-state index contributed by atoms with van der Waals surface area (Å²) < 4.78 is 5.40. The number of nitriles is 1. The number of rotatable bonds is 5. The molecule has 0 unspecified atom stereocenters. The first-order valence-corrected chi connectivity index (χ1v) is 7.77. The van der Waals surface area contributed by atoms with Gasteiger partial charge in [0.25, 0.3) is 5.91 Å². The molecule has 0 fully saturated rings. The van der Waals surface area contributed by atoms with Crippen LogP contribution < -0.4 is 10.1 Å². The highest BCUT2D eigenvalue weighted by Gasteiger charge is 2.15. The molecule has 0 aliphatic heterocycles. The molecular formula is C17H16N2O3S. The van der Waals surface area contributed by atoms with Crippen molar-refractivity contribution < 1.29 is 14.3 Å². The number of carbonyl (C=O) groups excluding carboxylic acids is 2. The summed E-state index contributed by atoms with van der Waals surface area (Å²) in [5.74, 6) is 0.0333. The van der Waals surface area contributed by atoms with Crippen LogP contribution in [0.4, 0.5) is 5.00 Å². The van der Waals surface area contributed by atoms with Crippen LogP contribution >= 0.6 is 11.3 Å². The normalized spacial score (nSPS) is 10.0. The highest BCUT2D eigenvalue weighted by molar-refractivity contribution is 7.16. The average molecular weight is 328 g/mol. The third-order valence-electron chi connectivity index (χ3n) is 3.36. The zero-order chi connectivity index (χ0) is 17.0. The first-order chi connectivity index (χ1) is 10.9. The predicted molar refractivity (Wildman–Crippen MR) is 89.1 cm³/mol. The second kappa shape index (κ2) is 7.07. The number of carbonyl (C=O) groups is 2. The van der Waals surface area contributed by atoms with Gasteiger partial charge in [-0.1, -0.05) is 12.1 Å². The molecule has 5 nitrogen and oxygen atoms in total. The fourth-order valence-corrected chi connectivity index (χ4v) is 2.99. The maximum Gasteiger partial charge on any atom is 0.262 e. The maximum atomic E-state index is 12.0. The molecule has 23 heavy (non-hydrogen) atoms. The first kappa shape index (κ1) is 16.7. The molecule has 0 aliphatic rings. The highest BCUT2D eigenvalue weighted by Crippen LogP contribution is 2.31. The van der Waals surface area contributed by atoms with E-state index in [2.05, 4.69) is 11.4 Å². The molecule has 1 amide bonds. The number of nitrogens with zero attached hydrogens (tertiary/aromatic N) is 1. The summed E-state index contributed by atoms with van der Waals surface area (Å²) in [4.78, 5) is 24.3. The van der Waals surface area contributed by atoms with Gasteiger partial charge in [0.05, 0.1) is 5.56 Å². The van der Waals surface area contributed by atoms with Crippen molar-refractivity contribution in [2.45, 2.75) is 20.8 Å². The van der Waals surface area contributed by atoms with Gasteiger partial charge < -0.3 is 10.1 Å². The topological polar surface area (TPSA) is 79.2 Å². The van der Waals surface area contributed by atoms with Gasteiger partial charge in [0, 0.05) is 10.4 Å². The lowest BCUT2D eigenvalue weighted by Gasteiger charge is -2.07. The van der Waals surface area contributed by atoms with Gasteiger partial charge in [-0.25, -0.2) is 0 Å². The van der Waals surface area contributed by atoms with Crippen LogP contribution in [0.2, 0.25) is 0 Å². The van der Waals surface area contributed by atoms with E-state index in [0.29, 0.717) is 21.9 Å². The van der Waals surface area contributed by atoms with Crippen molar-refractivity contribution in [2.75, 3.05) is 11.9 Å². The van der Waals surface area contributed by atoms with Crippen LogP contribution in [-0.2, 0) is 4.79 Å². The minimum Gasteiger partial charge on any atom is -0.484 e. The van der Waals surface area contributed by atoms with E-state index < -0.39 is 0 Å². The minimum absolute atomic E-state index is 0.0666. The Hall–Kier alpha value is -2.65. The van der Waals surface area contributed by atoms with Crippen LogP contribution in [0.15, 0.2) is 24.3 Å². The van der Waals surface area contributed by atoms with Crippen molar-refractivity contribution in [1.82, 2.24) is 0 Å². The fraction of sp³-hybridized carbons (Fsp3) is 0.235. The fourth-order valence-electron chi connectivity index (χ4n) is 1.97. The zero-order valence-electron chi connectivity index (χ0n) is 13.1. The van der Waals surface area contributed by atoms with Crippen LogP contribution in [0.5, 0.6) is 5.75 Å². The SMILES string of the molecule is CC(=O)c1cccc(OCC(=O)Nc2sc(C)c(C)c2C#N)c1. The minimum atomic E-state index is -0.351. The number of ketones is 1. The Morgan fingerprint density at radius 2 is 2.09 bits per heavy atom. The van der Waals surface area contributed by atoms with E-state index in [1.165, 1.54) is 18.3 Å². The van der Waals surface area contributed by atoms with E-state index in [0.717, 1.165) is 10.4 Å². The van der Waals surface area contributed by atoms with E-state index in [-0.39, 0.29) is 18.3 Å². The molecule has 6 heteroatoms. The number of hydrogen-bond donors (Lipinski definition) is 1. The van der Waals surface area contributed by atoms with Crippen molar-refractivity contribution in [3.63, 3.8) is 0 Å². The molecule has 0 spiro atoms. The number of anilines is 1. The van der Waals surface area contributed by atoms with Gasteiger partial charge in [-0.3, -0.25) is 9.59 Å². The van der Waals surface area contributed by atoms with Crippen LogP contribution in [0.1, 0.15) is 33.3 Å². The number of benzene rings is 1. The lowest BCUT2D eigenvalue weighted by Crippen LogP contribution is -2.20. The Morgan fingerprint density at radius 1 is 1.35 bits per heavy atom. The van der Waals surface area contributed by atoms with Crippen LogP contribution in [0.25, 0.3) is 0 Å². The monoisotopic (exact) mass is 328 g/mol. The van der Waals surface area contributed by atoms with Gasteiger partial charge in [-0.05, 0) is 38.5 Å². The Kier molecular flexibility index (Phi) is 5.14. The van der Waals surface area contributed by atoms with Gasteiger partial charge in [0.1, 0.15) is 16.8 Å². The summed E-state index contributed by atoms with van der Waals surface area (Å²) in [7, 11) is 0. The summed E-state index contributed by atoms with van der Waals surface area (Å²) in [5, 5.41) is 12.4. The molecule has 0 saturated carbocycles. The van der Waals surface area contributed by atoms with Crippen LogP contribution in [0, 0.1) is 25.2 Å². The van der Waals surface area contributed by atoms with Crippen molar-refractivity contribution in [3.8, 4) is 11.8 Å². The quantitative estimate of drug-likeness (QED) is 0.853. The summed E-state index contributed by atoms with van der Waals surface area (Å²) >= 11 is 1.37. The van der Waals surface area contributed by atoms with E-state index in [4.69, 9.17) is 10.00 Å². The summed E-state index contributed by atoms with van der Waals surface area (Å²) in [6.45, 7) is 5.03. The molecule has 118 valence electrons. The summed E-state index contributed by atoms with van der Waals surface area (Å²) in [6, 6.07) is 8.76. The van der Waals surface area contributed by atoms with E-state index in [1.807, 2.05) is 13.8 Å². The Bertz CT molecular complexity index is 803. The number of amides is 1. The molecule has 0 saturated heterocycles. The summed E-state index contributed by atoms with van der Waals surface area (Å²) in [5.41, 5.74) is 1.89. The number of thiophene rings is 1. The predicted octanol–water partition coefficient (Wildman–Crippen LogP) is 3.46. The molecular weight excluding hydrogens is 312 g/mol. The molecule has 1 heterocycles. The van der Waals surface area contributed by atoms with Gasteiger partial charge >= 0.3 is 0 Å². The largest absolute Gasteiger partial charge is 0.484 e. The second-order valence-electron chi connectivity index (χ2n) is 5.02. The van der Waals surface area contributed by atoms with Crippen molar-refractivity contribution in [2.24, 2.45) is 0 Å². The van der Waals surface area contributed by atoms with Gasteiger partial charge in [-0.15, -0.1) is 11.3 Å². The lowest BCUT2D eigenvalue weighted by atomic mass is 10.1. The van der Waals surface area contributed by atoms with Gasteiger partial charge in [0.2, 0.25) is 0 Å². The molecule has 2 rings (SSSR count). The smallest absolute Gasteiger partial charge is 0.262 e. The van der Waals surface area contributed by atoms with Gasteiger partial charge in [0.15, 0.2) is 12.4 Å². The van der Waals surface area contributed by atoms with E-state index in [9.17, 15) is 9.59 Å². The molecule has 0 bridgehead atoms. The highest BCUT2D eigenvalue weighted by atomic mass is 32.1. The maximum absolute atomic E-state index is 12.0. The number of hydrogen-bond acceptors (Lipinski definition) is 5. The molecule has 1 aromatic heterocycles. The van der Waals surface area contributed by atoms with E-state index in [1.54, 1.807) is 24.3 Å². The average Bonchev–Trinajstić information content (AvgIpc) is 2.79. The van der Waals surface area contributed by atoms with Gasteiger partial charge in [-0.2, -0.15) is 5.26 Å². The number of nitrogens with one attached hydrogen (secondary N) is 1. The Labute approximate surface area is 138 Å². The van der Waals surface area contributed by atoms with Crippen molar-refractivity contribution in [3.05, 3.63) is 45.8 Å². The molecule has 0 aliphatic carbocycles. The van der Waals surface area contributed by atoms with Crippen LogP contribution in [-0.4, -0.2) is 18.3 Å².